The van der Waals surface area contributed by atoms with Gasteiger partial charge >= 0.3 is 6.09 Å². The van der Waals surface area contributed by atoms with Crippen LogP contribution in [-0.4, -0.2) is 23.6 Å². The number of nitrogens with one attached hydrogen (secondary N) is 2. The van der Waals surface area contributed by atoms with Crippen molar-refractivity contribution in [2.45, 2.75) is 52.7 Å². The average Bonchev–Trinajstić information content (AvgIpc) is 2.58. The molecule has 28 heavy (non-hydrogen) atoms. The summed E-state index contributed by atoms with van der Waals surface area (Å²) in [6, 6.07) is 8.28. The lowest BCUT2D eigenvalue weighted by Gasteiger charge is -2.23. The van der Waals surface area contributed by atoms with Crippen molar-refractivity contribution in [3.05, 3.63) is 53.5 Å². The van der Waals surface area contributed by atoms with Crippen molar-refractivity contribution in [2.24, 2.45) is 0 Å². The molecule has 2 amide bonds. The molecule has 1 aromatic heterocycles. The molecule has 1 aromatic carbocycles. The number of rotatable bonds is 5. The van der Waals surface area contributed by atoms with Crippen LogP contribution in [-0.2, 0) is 9.53 Å². The van der Waals surface area contributed by atoms with E-state index in [0.717, 1.165) is 11.1 Å². The molecule has 0 aliphatic rings. The zero-order valence-electron chi connectivity index (χ0n) is 16.9. The first kappa shape index (κ1) is 21.2. The molecule has 0 bridgehead atoms. The van der Waals surface area contributed by atoms with Gasteiger partial charge in [0.15, 0.2) is 12.4 Å². The average molecular weight is 385 g/mol. The number of hydrogen-bond acceptors (Lipinski definition) is 4. The molecule has 0 radical (unpaired) electrons. The van der Waals surface area contributed by atoms with Crippen LogP contribution in [0.4, 0.5) is 10.5 Å². The molecular weight excluding hydrogens is 358 g/mol. The molecule has 2 N–H and O–H groups in total. The lowest BCUT2D eigenvalue weighted by Crippen LogP contribution is -2.45. The Hall–Kier alpha value is -3.09. The lowest BCUT2D eigenvalue weighted by atomic mass is 10.0. The summed E-state index contributed by atoms with van der Waals surface area (Å²) in [5.41, 5.74) is 2.28. The summed E-state index contributed by atoms with van der Waals surface area (Å²) in [5.74, 6) is -0.355. The number of aryl methyl sites for hydroxylation is 1. The zero-order chi connectivity index (χ0) is 20.9. The van der Waals surface area contributed by atoms with Crippen LogP contribution in [0.15, 0.2) is 42.7 Å². The molecule has 150 valence electrons. The Labute approximate surface area is 165 Å². The molecule has 1 atom stereocenters. The van der Waals surface area contributed by atoms with Gasteiger partial charge in [0.1, 0.15) is 11.6 Å². The molecule has 0 saturated carbocycles. The zero-order valence-corrected chi connectivity index (χ0v) is 16.9. The molecule has 2 aromatic rings. The van der Waals surface area contributed by atoms with Gasteiger partial charge in [-0.05, 0) is 51.8 Å². The van der Waals surface area contributed by atoms with Crippen LogP contribution in [0.2, 0.25) is 0 Å². The predicted octanol–water partition coefficient (Wildman–Crippen LogP) is 3.54. The number of ether oxygens (including phenoxy) is 1. The van der Waals surface area contributed by atoms with Gasteiger partial charge in [0.2, 0.25) is 5.91 Å². The van der Waals surface area contributed by atoms with E-state index >= 15 is 0 Å². The number of aromatic nitrogens is 1. The molecule has 0 aliphatic carbocycles. The maximum atomic E-state index is 12.8. The number of alkyl carbamates (subject to hydrolysis) is 1. The number of carbonyl (C=O) groups excluding carboxylic acids is 2. The first-order chi connectivity index (χ1) is 13.1. The fraction of sp³-hybridized carbons (Fsp3) is 0.381. The molecule has 1 unspecified atom stereocenters. The summed E-state index contributed by atoms with van der Waals surface area (Å²) < 4.78 is 5.94. The third kappa shape index (κ3) is 5.97. The maximum Gasteiger partial charge on any atom is 0.408 e. The van der Waals surface area contributed by atoms with E-state index in [0.29, 0.717) is 22.4 Å². The highest BCUT2D eigenvalue weighted by Crippen LogP contribution is 2.28. The predicted molar refractivity (Wildman–Crippen MR) is 108 cm³/mol. The van der Waals surface area contributed by atoms with E-state index in [9.17, 15) is 14.8 Å². The highest BCUT2D eigenvalue weighted by atomic mass is 16.6. The van der Waals surface area contributed by atoms with Crippen molar-refractivity contribution in [3.63, 3.8) is 0 Å². The normalized spacial score (nSPS) is 12.2. The second-order valence-corrected chi connectivity index (χ2v) is 7.60. The Bertz CT molecular complexity index is 859. The fourth-order valence-electron chi connectivity index (χ4n) is 2.65. The summed E-state index contributed by atoms with van der Waals surface area (Å²) in [4.78, 5) is 24.8. The number of carbonyl (C=O) groups is 2. The van der Waals surface area contributed by atoms with Crippen molar-refractivity contribution in [1.82, 2.24) is 5.32 Å². The fourth-order valence-corrected chi connectivity index (χ4v) is 2.65. The number of hydrogen-bond donors (Lipinski definition) is 2. The SMILES string of the molecule is CCC(NC(=O)OC(C)(C)C)C(=O)Nc1cc(C)ccc1-c1ccc[n+]([O-])c1. The Morgan fingerprint density at radius 3 is 2.57 bits per heavy atom. The molecule has 7 heteroatoms. The highest BCUT2D eigenvalue weighted by molar-refractivity contribution is 5.99. The standard InChI is InChI=1S/C21H27N3O4/c1-6-17(23-20(26)28-21(3,4)5)19(25)22-18-12-14(2)9-10-16(18)15-8-7-11-24(27)13-15/h7-13,17H,6H2,1-5H3,(H,22,25)(H,23,26). The number of anilines is 1. The smallest absolute Gasteiger partial charge is 0.408 e. The Kier molecular flexibility index (Phi) is 6.62. The van der Waals surface area contributed by atoms with Crippen LogP contribution < -0.4 is 15.4 Å². The van der Waals surface area contributed by atoms with E-state index < -0.39 is 17.7 Å². The van der Waals surface area contributed by atoms with Crippen molar-refractivity contribution >= 4 is 17.7 Å². The van der Waals surface area contributed by atoms with Gasteiger partial charge in [-0.25, -0.2) is 4.79 Å². The number of amides is 2. The Morgan fingerprint density at radius 1 is 1.25 bits per heavy atom. The van der Waals surface area contributed by atoms with Crippen LogP contribution in [0.5, 0.6) is 0 Å². The van der Waals surface area contributed by atoms with Crippen LogP contribution in [0.1, 0.15) is 39.7 Å². The lowest BCUT2D eigenvalue weighted by molar-refractivity contribution is -0.604. The topological polar surface area (TPSA) is 94.4 Å². The van der Waals surface area contributed by atoms with E-state index in [4.69, 9.17) is 4.74 Å². The van der Waals surface area contributed by atoms with Crippen molar-refractivity contribution < 1.29 is 19.1 Å². The quantitative estimate of drug-likeness (QED) is 0.608. The summed E-state index contributed by atoms with van der Waals surface area (Å²) in [7, 11) is 0. The second kappa shape index (κ2) is 8.73. The highest BCUT2D eigenvalue weighted by Gasteiger charge is 2.24. The van der Waals surface area contributed by atoms with Gasteiger partial charge in [0.25, 0.3) is 0 Å². The number of pyridine rings is 1. The van der Waals surface area contributed by atoms with E-state index in [-0.39, 0.29) is 5.91 Å². The van der Waals surface area contributed by atoms with Crippen LogP contribution in [0.25, 0.3) is 11.1 Å². The minimum Gasteiger partial charge on any atom is -0.619 e. The van der Waals surface area contributed by atoms with E-state index in [2.05, 4.69) is 10.6 Å². The molecular formula is C21H27N3O4. The third-order valence-electron chi connectivity index (χ3n) is 3.93. The van der Waals surface area contributed by atoms with Crippen LogP contribution >= 0.6 is 0 Å². The molecule has 1 heterocycles. The molecule has 0 aliphatic heterocycles. The van der Waals surface area contributed by atoms with Gasteiger partial charge in [-0.3, -0.25) is 4.79 Å². The molecule has 7 nitrogen and oxygen atoms in total. The van der Waals surface area contributed by atoms with Gasteiger partial charge < -0.3 is 20.6 Å². The largest absolute Gasteiger partial charge is 0.619 e. The van der Waals surface area contributed by atoms with Crippen molar-refractivity contribution in [3.8, 4) is 11.1 Å². The van der Waals surface area contributed by atoms with Gasteiger partial charge in [-0.15, -0.1) is 0 Å². The maximum absolute atomic E-state index is 12.8. The molecule has 0 saturated heterocycles. The first-order valence-corrected chi connectivity index (χ1v) is 9.19. The minimum atomic E-state index is -0.747. The van der Waals surface area contributed by atoms with Gasteiger partial charge in [-0.2, -0.15) is 4.73 Å². The third-order valence-corrected chi connectivity index (χ3v) is 3.93. The van der Waals surface area contributed by atoms with Gasteiger partial charge in [0.05, 0.1) is 0 Å². The van der Waals surface area contributed by atoms with Crippen LogP contribution in [0.3, 0.4) is 0 Å². The van der Waals surface area contributed by atoms with E-state index in [1.165, 1.54) is 12.4 Å². The number of nitrogens with zero attached hydrogens (tertiary/aromatic N) is 1. The van der Waals surface area contributed by atoms with Gasteiger partial charge in [-0.1, -0.05) is 19.1 Å². The first-order valence-electron chi connectivity index (χ1n) is 9.19. The monoisotopic (exact) mass is 385 g/mol. The molecule has 2 rings (SSSR count). The molecule has 0 spiro atoms. The summed E-state index contributed by atoms with van der Waals surface area (Å²) in [5, 5.41) is 17.1. The summed E-state index contributed by atoms with van der Waals surface area (Å²) >= 11 is 0. The van der Waals surface area contributed by atoms with Crippen LogP contribution in [0, 0.1) is 12.1 Å². The second-order valence-electron chi connectivity index (χ2n) is 7.60. The summed E-state index contributed by atoms with van der Waals surface area (Å²) in [6.45, 7) is 8.99. The summed E-state index contributed by atoms with van der Waals surface area (Å²) in [6.07, 6.45) is 2.59. The van der Waals surface area contributed by atoms with Crippen molar-refractivity contribution in [2.75, 3.05) is 5.32 Å². The number of benzene rings is 1. The van der Waals surface area contributed by atoms with Crippen molar-refractivity contribution in [1.29, 1.82) is 0 Å². The van der Waals surface area contributed by atoms with E-state index in [1.807, 2.05) is 25.1 Å². The Morgan fingerprint density at radius 2 is 1.96 bits per heavy atom. The van der Waals surface area contributed by atoms with E-state index in [1.54, 1.807) is 39.8 Å². The minimum absolute atomic E-state index is 0.355. The van der Waals surface area contributed by atoms with Gasteiger partial charge in [0, 0.05) is 22.9 Å². The Balaban J connectivity index is 2.22. The molecule has 0 fully saturated rings.